The van der Waals surface area contributed by atoms with Crippen LogP contribution in [0.3, 0.4) is 0 Å². The number of carbonyl (C=O) groups is 2. The second-order valence-electron chi connectivity index (χ2n) is 3.75. The van der Waals surface area contributed by atoms with Gasteiger partial charge in [-0.3, -0.25) is 9.78 Å². The van der Waals surface area contributed by atoms with Crippen LogP contribution in [0.5, 0.6) is 0 Å². The molecular weight excluding hydrogens is 264 g/mol. The molecule has 0 bridgehead atoms. The van der Waals surface area contributed by atoms with Gasteiger partial charge in [0.1, 0.15) is 5.69 Å². The standard InChI is InChI=1S/C13H16N2O3S/c1-19-8-2-7-14-13(18)11-5-3-10(9-15-11)4-6-12(16)17/h3-6,9H,2,7-8H2,1H3,(H,14,18)(H,16,17). The summed E-state index contributed by atoms with van der Waals surface area (Å²) in [5.41, 5.74) is 0.970. The number of carboxylic acids is 1. The number of carbonyl (C=O) groups excluding carboxylic acids is 1. The number of nitrogens with zero attached hydrogens (tertiary/aromatic N) is 1. The first-order valence-electron chi connectivity index (χ1n) is 5.77. The number of hydrogen-bond donors (Lipinski definition) is 2. The molecule has 5 nitrogen and oxygen atoms in total. The summed E-state index contributed by atoms with van der Waals surface area (Å²) in [5.74, 6) is -0.224. The summed E-state index contributed by atoms with van der Waals surface area (Å²) >= 11 is 1.74. The van der Waals surface area contributed by atoms with Gasteiger partial charge in [0.15, 0.2) is 0 Å². The maximum atomic E-state index is 11.7. The first kappa shape index (κ1) is 15.2. The third kappa shape index (κ3) is 6.05. The quantitative estimate of drug-likeness (QED) is 0.586. The van der Waals surface area contributed by atoms with Crippen LogP contribution in [0.1, 0.15) is 22.5 Å². The van der Waals surface area contributed by atoms with Gasteiger partial charge in [0.2, 0.25) is 0 Å². The number of nitrogens with one attached hydrogen (secondary N) is 1. The molecule has 19 heavy (non-hydrogen) atoms. The largest absolute Gasteiger partial charge is 0.478 e. The Morgan fingerprint density at radius 1 is 1.47 bits per heavy atom. The minimum atomic E-state index is -1.02. The van der Waals surface area contributed by atoms with Gasteiger partial charge >= 0.3 is 5.97 Å². The molecule has 0 spiro atoms. The number of thioether (sulfide) groups is 1. The molecular formula is C13H16N2O3S. The zero-order valence-electron chi connectivity index (χ0n) is 10.6. The second kappa shape index (κ2) is 8.31. The van der Waals surface area contributed by atoms with E-state index in [2.05, 4.69) is 10.3 Å². The predicted molar refractivity (Wildman–Crippen MR) is 76.2 cm³/mol. The molecule has 0 aliphatic heterocycles. The average Bonchev–Trinajstić information content (AvgIpc) is 2.41. The molecule has 0 aromatic carbocycles. The highest BCUT2D eigenvalue weighted by atomic mass is 32.2. The monoisotopic (exact) mass is 280 g/mol. The first-order chi connectivity index (χ1) is 9.13. The number of carboxylic acid groups (broad SMARTS) is 1. The van der Waals surface area contributed by atoms with Crippen LogP contribution in [0, 0.1) is 0 Å². The summed E-state index contributed by atoms with van der Waals surface area (Å²) in [5, 5.41) is 11.3. The van der Waals surface area contributed by atoms with Crippen molar-refractivity contribution < 1.29 is 14.7 Å². The van der Waals surface area contributed by atoms with Gasteiger partial charge in [-0.05, 0) is 36.1 Å². The molecule has 1 heterocycles. The molecule has 0 fully saturated rings. The summed E-state index contributed by atoms with van der Waals surface area (Å²) in [4.78, 5) is 26.0. The van der Waals surface area contributed by atoms with Crippen LogP contribution in [0.2, 0.25) is 0 Å². The summed E-state index contributed by atoms with van der Waals surface area (Å²) in [6.07, 6.45) is 6.87. The Morgan fingerprint density at radius 2 is 2.26 bits per heavy atom. The molecule has 2 N–H and O–H groups in total. The lowest BCUT2D eigenvalue weighted by molar-refractivity contribution is -0.131. The third-order valence-corrected chi connectivity index (χ3v) is 2.95. The Morgan fingerprint density at radius 3 is 2.84 bits per heavy atom. The molecule has 0 atom stereocenters. The van der Waals surface area contributed by atoms with Crippen LogP contribution < -0.4 is 5.32 Å². The van der Waals surface area contributed by atoms with E-state index in [9.17, 15) is 9.59 Å². The lowest BCUT2D eigenvalue weighted by atomic mass is 10.2. The van der Waals surface area contributed by atoms with Gasteiger partial charge < -0.3 is 10.4 Å². The number of amides is 1. The van der Waals surface area contributed by atoms with Crippen LogP contribution in [0.4, 0.5) is 0 Å². The Bertz CT molecular complexity index is 457. The Hall–Kier alpha value is -1.82. The fourth-order valence-corrected chi connectivity index (χ4v) is 1.75. The van der Waals surface area contributed by atoms with Crippen LogP contribution in [0.25, 0.3) is 6.08 Å². The van der Waals surface area contributed by atoms with E-state index in [1.165, 1.54) is 12.3 Å². The number of hydrogen-bond acceptors (Lipinski definition) is 4. The fraction of sp³-hybridized carbons (Fsp3) is 0.308. The molecule has 1 amide bonds. The van der Waals surface area contributed by atoms with Gasteiger partial charge in [0.25, 0.3) is 5.91 Å². The summed E-state index contributed by atoms with van der Waals surface area (Å²) in [6.45, 7) is 0.627. The predicted octanol–water partition coefficient (Wildman–Crippen LogP) is 1.66. The van der Waals surface area contributed by atoms with Gasteiger partial charge in [0, 0.05) is 18.8 Å². The molecule has 0 radical (unpaired) electrons. The van der Waals surface area contributed by atoms with Gasteiger partial charge in [-0.15, -0.1) is 0 Å². The van der Waals surface area contributed by atoms with E-state index in [1.54, 1.807) is 23.9 Å². The van der Waals surface area contributed by atoms with Crippen molar-refractivity contribution in [2.24, 2.45) is 0 Å². The third-order valence-electron chi connectivity index (χ3n) is 2.25. The fourth-order valence-electron chi connectivity index (χ4n) is 1.31. The average molecular weight is 280 g/mol. The molecule has 1 aromatic heterocycles. The lowest BCUT2D eigenvalue weighted by Gasteiger charge is -2.04. The molecule has 1 rings (SSSR count). The van der Waals surface area contributed by atoms with Gasteiger partial charge in [-0.25, -0.2) is 4.79 Å². The number of pyridine rings is 1. The Kier molecular flexibility index (Phi) is 6.67. The van der Waals surface area contributed by atoms with Crippen molar-refractivity contribution in [3.8, 4) is 0 Å². The van der Waals surface area contributed by atoms with Crippen molar-refractivity contribution in [2.75, 3.05) is 18.6 Å². The van der Waals surface area contributed by atoms with E-state index < -0.39 is 5.97 Å². The van der Waals surface area contributed by atoms with E-state index in [1.807, 2.05) is 6.26 Å². The van der Waals surface area contributed by atoms with Crippen molar-refractivity contribution in [3.05, 3.63) is 35.7 Å². The number of aliphatic carboxylic acids is 1. The van der Waals surface area contributed by atoms with E-state index >= 15 is 0 Å². The van der Waals surface area contributed by atoms with Crippen molar-refractivity contribution in [2.45, 2.75) is 6.42 Å². The topological polar surface area (TPSA) is 79.3 Å². The van der Waals surface area contributed by atoms with Crippen molar-refractivity contribution >= 4 is 29.7 Å². The van der Waals surface area contributed by atoms with Crippen LogP contribution in [-0.2, 0) is 4.79 Å². The highest BCUT2D eigenvalue weighted by Gasteiger charge is 2.05. The maximum absolute atomic E-state index is 11.7. The van der Waals surface area contributed by atoms with E-state index in [4.69, 9.17) is 5.11 Å². The molecule has 0 aliphatic rings. The molecule has 0 unspecified atom stereocenters. The number of aromatic nitrogens is 1. The highest BCUT2D eigenvalue weighted by Crippen LogP contribution is 2.03. The summed E-state index contributed by atoms with van der Waals surface area (Å²) in [7, 11) is 0. The first-order valence-corrected chi connectivity index (χ1v) is 7.17. The van der Waals surface area contributed by atoms with Crippen LogP contribution in [0.15, 0.2) is 24.4 Å². The highest BCUT2D eigenvalue weighted by molar-refractivity contribution is 7.98. The summed E-state index contributed by atoms with van der Waals surface area (Å²) in [6, 6.07) is 3.23. The van der Waals surface area contributed by atoms with Gasteiger partial charge in [-0.1, -0.05) is 6.07 Å². The lowest BCUT2D eigenvalue weighted by Crippen LogP contribution is -2.25. The minimum absolute atomic E-state index is 0.213. The van der Waals surface area contributed by atoms with Crippen molar-refractivity contribution in [3.63, 3.8) is 0 Å². The van der Waals surface area contributed by atoms with E-state index in [-0.39, 0.29) is 5.91 Å². The second-order valence-corrected chi connectivity index (χ2v) is 4.74. The SMILES string of the molecule is CSCCCNC(=O)c1ccc(C=CC(=O)O)cn1. The number of rotatable bonds is 7. The van der Waals surface area contributed by atoms with Gasteiger partial charge in [-0.2, -0.15) is 11.8 Å². The molecule has 0 saturated carbocycles. The smallest absolute Gasteiger partial charge is 0.328 e. The molecule has 1 aromatic rings. The van der Waals surface area contributed by atoms with E-state index in [0.717, 1.165) is 18.2 Å². The van der Waals surface area contributed by atoms with Gasteiger partial charge in [0.05, 0.1) is 0 Å². The maximum Gasteiger partial charge on any atom is 0.328 e. The Labute approximate surface area is 116 Å². The molecule has 6 heteroatoms. The normalized spacial score (nSPS) is 10.6. The zero-order valence-corrected chi connectivity index (χ0v) is 11.4. The molecule has 0 saturated heterocycles. The minimum Gasteiger partial charge on any atom is -0.478 e. The van der Waals surface area contributed by atoms with Crippen LogP contribution >= 0.6 is 11.8 Å². The van der Waals surface area contributed by atoms with Crippen molar-refractivity contribution in [1.82, 2.24) is 10.3 Å². The summed E-state index contributed by atoms with van der Waals surface area (Å²) < 4.78 is 0. The molecule has 102 valence electrons. The van der Waals surface area contributed by atoms with Crippen LogP contribution in [-0.4, -0.2) is 40.5 Å². The Balaban J connectivity index is 2.51. The zero-order chi connectivity index (χ0) is 14.1. The van der Waals surface area contributed by atoms with Crippen molar-refractivity contribution in [1.29, 1.82) is 0 Å². The molecule has 0 aliphatic carbocycles. The van der Waals surface area contributed by atoms with E-state index in [0.29, 0.717) is 17.8 Å².